The summed E-state index contributed by atoms with van der Waals surface area (Å²) in [6.45, 7) is 9.17. The van der Waals surface area contributed by atoms with E-state index in [2.05, 4.69) is 24.0 Å². The first-order valence-electron chi connectivity index (χ1n) is 11.7. The highest BCUT2D eigenvalue weighted by atomic mass is 16.4. The molecule has 0 bridgehead atoms. The molecule has 3 N–H and O–H groups in total. The molecule has 3 rings (SSSR count). The normalized spacial score (nSPS) is 14.1. The molecule has 0 saturated carbocycles. The van der Waals surface area contributed by atoms with E-state index >= 15 is 0 Å². The molecule has 0 radical (unpaired) electrons. The Morgan fingerprint density at radius 3 is 2.06 bits per heavy atom. The van der Waals surface area contributed by atoms with Gasteiger partial charge in [0.1, 0.15) is 6.04 Å². The molecule has 3 atom stereocenters. The molecule has 0 aliphatic heterocycles. The number of aliphatic hydroxyl groups excluding tert-OH is 1. The zero-order valence-electron chi connectivity index (χ0n) is 20.5. The molecule has 0 fully saturated rings. The van der Waals surface area contributed by atoms with Crippen LogP contribution in [0.1, 0.15) is 33.2 Å². The Hall–Kier alpha value is -3.64. The van der Waals surface area contributed by atoms with Gasteiger partial charge in [-0.3, -0.25) is 9.59 Å². The van der Waals surface area contributed by atoms with E-state index in [0.717, 1.165) is 22.3 Å². The van der Waals surface area contributed by atoms with Gasteiger partial charge in [0, 0.05) is 12.4 Å². The van der Waals surface area contributed by atoms with Crippen LogP contribution in [0.15, 0.2) is 85.7 Å². The summed E-state index contributed by atoms with van der Waals surface area (Å²) in [7, 11) is 0. The number of rotatable bonds is 10. The number of hydrogen-bond donors (Lipinski definition) is 3. The number of aromatic nitrogens is 1. The largest absolute Gasteiger partial charge is 0.481 e. The van der Waals surface area contributed by atoms with Crippen LogP contribution in [-0.2, 0) is 9.59 Å². The summed E-state index contributed by atoms with van der Waals surface area (Å²) in [5.41, 5.74) is 3.66. The Bertz CT molecular complexity index is 1140. The van der Waals surface area contributed by atoms with Crippen LogP contribution in [0.2, 0.25) is 0 Å². The zero-order valence-corrected chi connectivity index (χ0v) is 20.5. The van der Waals surface area contributed by atoms with Crippen LogP contribution in [0, 0.1) is 11.3 Å². The molecule has 1 aromatic heterocycles. The summed E-state index contributed by atoms with van der Waals surface area (Å²) in [6, 6.07) is 18.5. The van der Waals surface area contributed by atoms with Gasteiger partial charge >= 0.3 is 5.97 Å². The van der Waals surface area contributed by atoms with Crippen molar-refractivity contribution < 1.29 is 19.8 Å². The summed E-state index contributed by atoms with van der Waals surface area (Å²) in [5.74, 6) is -2.54. The highest BCUT2D eigenvalue weighted by Crippen LogP contribution is 2.30. The average molecular weight is 475 g/mol. The lowest BCUT2D eigenvalue weighted by Crippen LogP contribution is -2.50. The lowest BCUT2D eigenvalue weighted by molar-refractivity contribution is -0.147. The van der Waals surface area contributed by atoms with Crippen molar-refractivity contribution in [2.24, 2.45) is 11.3 Å². The molecule has 1 heterocycles. The van der Waals surface area contributed by atoms with Crippen LogP contribution in [-0.4, -0.2) is 39.3 Å². The van der Waals surface area contributed by atoms with Crippen LogP contribution in [0.3, 0.4) is 0 Å². The first kappa shape index (κ1) is 26.0. The Balaban J connectivity index is 1.93. The van der Waals surface area contributed by atoms with Crippen LogP contribution in [0.4, 0.5) is 0 Å². The first-order chi connectivity index (χ1) is 16.7. The summed E-state index contributed by atoms with van der Waals surface area (Å²) >= 11 is 0. The van der Waals surface area contributed by atoms with Crippen molar-refractivity contribution in [1.29, 1.82) is 0 Å². The fraction of sp³-hybridized carbons (Fsp3) is 0.310. The van der Waals surface area contributed by atoms with Crippen molar-refractivity contribution in [1.82, 2.24) is 9.88 Å². The fourth-order valence-electron chi connectivity index (χ4n) is 4.11. The monoisotopic (exact) mass is 474 g/mol. The van der Waals surface area contributed by atoms with Crippen LogP contribution >= 0.6 is 0 Å². The van der Waals surface area contributed by atoms with Crippen molar-refractivity contribution in [2.75, 3.05) is 6.61 Å². The number of amides is 1. The van der Waals surface area contributed by atoms with Gasteiger partial charge in [0.05, 0.1) is 18.6 Å². The number of aliphatic carboxylic acids is 1. The standard InChI is InChI=1S/C29H34N2O4/c1-5-9-24(28(34)35)26(27(33)30-25(19-32)29(2,3)4)31-17-16-23(18-31)22-14-12-21(13-15-22)20-10-7-6-8-11-20/h5-8,10-18,24-26,32H,1,9,19H2,2-4H3,(H,30,33)(H,34,35)/t24-,25+,26+/m0/s1. The molecular weight excluding hydrogens is 440 g/mol. The highest BCUT2D eigenvalue weighted by Gasteiger charge is 2.36. The number of benzene rings is 2. The predicted octanol–water partition coefficient (Wildman–Crippen LogP) is 5.16. The van der Waals surface area contributed by atoms with E-state index in [0.29, 0.717) is 0 Å². The quantitative estimate of drug-likeness (QED) is 0.354. The van der Waals surface area contributed by atoms with Gasteiger partial charge in [-0.25, -0.2) is 0 Å². The molecule has 0 saturated heterocycles. The molecule has 1 amide bonds. The van der Waals surface area contributed by atoms with E-state index < -0.39 is 35.3 Å². The van der Waals surface area contributed by atoms with Crippen LogP contribution < -0.4 is 5.32 Å². The van der Waals surface area contributed by atoms with E-state index in [-0.39, 0.29) is 13.0 Å². The van der Waals surface area contributed by atoms with Gasteiger partial charge < -0.3 is 20.1 Å². The number of hydrogen-bond acceptors (Lipinski definition) is 3. The third-order valence-corrected chi connectivity index (χ3v) is 6.29. The molecule has 184 valence electrons. The van der Waals surface area contributed by atoms with Crippen molar-refractivity contribution in [3.8, 4) is 22.3 Å². The topological polar surface area (TPSA) is 91.6 Å². The first-order valence-corrected chi connectivity index (χ1v) is 11.7. The molecule has 6 nitrogen and oxygen atoms in total. The number of carboxylic acids is 1. The van der Waals surface area contributed by atoms with Gasteiger partial charge in [-0.15, -0.1) is 6.58 Å². The molecule has 3 aromatic rings. The van der Waals surface area contributed by atoms with E-state index in [1.807, 2.05) is 69.3 Å². The van der Waals surface area contributed by atoms with Crippen molar-refractivity contribution in [3.05, 3.63) is 85.7 Å². The summed E-state index contributed by atoms with van der Waals surface area (Å²) in [4.78, 5) is 25.5. The van der Waals surface area contributed by atoms with Gasteiger partial charge in [0.2, 0.25) is 5.91 Å². The van der Waals surface area contributed by atoms with E-state index in [4.69, 9.17) is 0 Å². The molecule has 0 spiro atoms. The predicted molar refractivity (Wildman–Crippen MR) is 139 cm³/mol. The average Bonchev–Trinajstić information content (AvgIpc) is 3.31. The SMILES string of the molecule is C=CC[C@H](C(=O)O)[C@H](C(=O)N[C@H](CO)C(C)(C)C)n1ccc(-c2ccc(-c3ccccc3)cc2)c1. The molecule has 0 unspecified atom stereocenters. The van der Waals surface area contributed by atoms with E-state index in [1.54, 1.807) is 17.0 Å². The second kappa shape index (κ2) is 11.2. The third-order valence-electron chi connectivity index (χ3n) is 6.29. The molecule has 2 aromatic carbocycles. The summed E-state index contributed by atoms with van der Waals surface area (Å²) < 4.78 is 1.65. The summed E-state index contributed by atoms with van der Waals surface area (Å²) in [5, 5.41) is 22.6. The number of allylic oxidation sites excluding steroid dienone is 1. The minimum atomic E-state index is -1.08. The Morgan fingerprint density at radius 2 is 1.54 bits per heavy atom. The van der Waals surface area contributed by atoms with E-state index in [1.165, 1.54) is 6.08 Å². The molecule has 0 aliphatic carbocycles. The highest BCUT2D eigenvalue weighted by molar-refractivity contribution is 5.87. The van der Waals surface area contributed by atoms with Crippen molar-refractivity contribution in [2.45, 2.75) is 39.3 Å². The molecule has 6 heteroatoms. The second-order valence-electron chi connectivity index (χ2n) is 9.81. The number of carboxylic acid groups (broad SMARTS) is 1. The van der Waals surface area contributed by atoms with Gasteiger partial charge in [-0.2, -0.15) is 0 Å². The zero-order chi connectivity index (χ0) is 25.6. The lowest BCUT2D eigenvalue weighted by Gasteiger charge is -2.32. The smallest absolute Gasteiger partial charge is 0.309 e. The van der Waals surface area contributed by atoms with Crippen LogP contribution in [0.5, 0.6) is 0 Å². The molecule has 35 heavy (non-hydrogen) atoms. The van der Waals surface area contributed by atoms with Gasteiger partial charge in [-0.1, -0.05) is 81.4 Å². The Labute approximate surface area is 206 Å². The van der Waals surface area contributed by atoms with Crippen molar-refractivity contribution in [3.63, 3.8) is 0 Å². The maximum atomic E-state index is 13.4. The number of nitrogens with one attached hydrogen (secondary N) is 1. The Kier molecular flexibility index (Phi) is 8.30. The van der Waals surface area contributed by atoms with E-state index in [9.17, 15) is 19.8 Å². The van der Waals surface area contributed by atoms with Crippen molar-refractivity contribution >= 4 is 11.9 Å². The number of carbonyl (C=O) groups is 2. The molecule has 0 aliphatic rings. The number of nitrogens with zero attached hydrogens (tertiary/aromatic N) is 1. The number of carbonyl (C=O) groups excluding carboxylic acids is 1. The number of aliphatic hydroxyl groups is 1. The van der Waals surface area contributed by atoms with Gasteiger partial charge in [0.15, 0.2) is 0 Å². The fourth-order valence-corrected chi connectivity index (χ4v) is 4.11. The Morgan fingerprint density at radius 1 is 0.971 bits per heavy atom. The minimum Gasteiger partial charge on any atom is -0.481 e. The maximum Gasteiger partial charge on any atom is 0.309 e. The minimum absolute atomic E-state index is 0.131. The summed E-state index contributed by atoms with van der Waals surface area (Å²) in [6.07, 6.45) is 5.17. The van der Waals surface area contributed by atoms with Crippen LogP contribution in [0.25, 0.3) is 22.3 Å². The lowest BCUT2D eigenvalue weighted by atomic mass is 9.86. The maximum absolute atomic E-state index is 13.4. The van der Waals surface area contributed by atoms with Gasteiger partial charge in [-0.05, 0) is 40.2 Å². The third kappa shape index (κ3) is 6.28. The second-order valence-corrected chi connectivity index (χ2v) is 9.81. The molecular formula is C29H34N2O4. The van der Waals surface area contributed by atoms with Gasteiger partial charge in [0.25, 0.3) is 0 Å².